The summed E-state index contributed by atoms with van der Waals surface area (Å²) in [5.41, 5.74) is 0. The highest BCUT2D eigenvalue weighted by Crippen LogP contribution is 2.45. The zero-order valence-corrected chi connectivity index (χ0v) is 9.92. The summed E-state index contributed by atoms with van der Waals surface area (Å²) in [4.78, 5) is 5.49. The number of hydrogen-bond acceptors (Lipinski definition) is 5. The lowest BCUT2D eigenvalue weighted by Gasteiger charge is -2.15. The second-order valence-corrected chi connectivity index (χ2v) is 5.15. The Morgan fingerprint density at radius 3 is 3.06 bits per heavy atom. The number of rotatable bonds is 2. The van der Waals surface area contributed by atoms with Gasteiger partial charge in [-0.25, -0.2) is 4.98 Å². The third-order valence-corrected chi connectivity index (χ3v) is 3.91. The molecule has 1 fully saturated rings. The molecule has 5 nitrogen and oxygen atoms in total. The quantitative estimate of drug-likeness (QED) is 0.886. The zero-order chi connectivity index (χ0) is 11.2. The van der Waals surface area contributed by atoms with Crippen LogP contribution in [0.15, 0.2) is 5.38 Å². The van der Waals surface area contributed by atoms with E-state index in [1.165, 1.54) is 12.8 Å². The normalized spacial score (nSPS) is 18.4. The molecule has 2 aromatic heterocycles. The Morgan fingerprint density at radius 1 is 1.29 bits per heavy atom. The van der Waals surface area contributed by atoms with Crippen molar-refractivity contribution in [1.29, 1.82) is 0 Å². The van der Waals surface area contributed by atoms with Gasteiger partial charge in [-0.1, -0.05) is 0 Å². The van der Waals surface area contributed by atoms with Crippen molar-refractivity contribution in [3.05, 3.63) is 11.2 Å². The third kappa shape index (κ3) is 1.51. The molecule has 0 unspecified atom stereocenters. The molecule has 3 heterocycles. The van der Waals surface area contributed by atoms with Gasteiger partial charge in [0.15, 0.2) is 17.3 Å². The summed E-state index contributed by atoms with van der Waals surface area (Å²) < 4.78 is 11.1. The van der Waals surface area contributed by atoms with Gasteiger partial charge in [-0.3, -0.25) is 5.10 Å². The van der Waals surface area contributed by atoms with Gasteiger partial charge < -0.3 is 9.47 Å². The lowest BCUT2D eigenvalue weighted by molar-refractivity contribution is 0.174. The van der Waals surface area contributed by atoms with Crippen molar-refractivity contribution in [3.8, 4) is 22.2 Å². The van der Waals surface area contributed by atoms with E-state index in [4.69, 9.17) is 9.47 Å². The highest BCUT2D eigenvalue weighted by molar-refractivity contribution is 7.14. The number of hydrogen-bond donors (Lipinski definition) is 1. The SMILES string of the molecule is c1sc(-c2n[nH]c(C3CC3)n2)c2c1OCCO2. The van der Waals surface area contributed by atoms with Crippen LogP contribution in [0.25, 0.3) is 10.7 Å². The fourth-order valence-electron chi connectivity index (χ4n) is 1.93. The van der Waals surface area contributed by atoms with Crippen molar-refractivity contribution in [2.75, 3.05) is 13.2 Å². The number of nitrogens with zero attached hydrogens (tertiary/aromatic N) is 2. The number of ether oxygens (including phenoxy) is 2. The predicted molar refractivity (Wildman–Crippen MR) is 62.7 cm³/mol. The Hall–Kier alpha value is -1.56. The molecule has 0 radical (unpaired) electrons. The van der Waals surface area contributed by atoms with Crippen molar-refractivity contribution in [1.82, 2.24) is 15.2 Å². The maximum absolute atomic E-state index is 5.63. The van der Waals surface area contributed by atoms with Gasteiger partial charge in [0.25, 0.3) is 0 Å². The number of aromatic nitrogens is 3. The maximum Gasteiger partial charge on any atom is 0.195 e. The van der Waals surface area contributed by atoms with E-state index < -0.39 is 0 Å². The monoisotopic (exact) mass is 249 g/mol. The van der Waals surface area contributed by atoms with Gasteiger partial charge in [-0.15, -0.1) is 11.3 Å². The van der Waals surface area contributed by atoms with Crippen molar-refractivity contribution >= 4 is 11.3 Å². The van der Waals surface area contributed by atoms with E-state index in [0.29, 0.717) is 19.1 Å². The summed E-state index contributed by atoms with van der Waals surface area (Å²) in [6, 6.07) is 0. The third-order valence-electron chi connectivity index (χ3n) is 2.97. The van der Waals surface area contributed by atoms with Gasteiger partial charge in [0.05, 0.1) is 0 Å². The van der Waals surface area contributed by atoms with Crippen LogP contribution in [-0.4, -0.2) is 28.4 Å². The summed E-state index contributed by atoms with van der Waals surface area (Å²) >= 11 is 1.57. The highest BCUT2D eigenvalue weighted by atomic mass is 32.1. The van der Waals surface area contributed by atoms with E-state index in [0.717, 1.165) is 28.0 Å². The van der Waals surface area contributed by atoms with E-state index in [9.17, 15) is 0 Å². The molecule has 0 bridgehead atoms. The lowest BCUT2D eigenvalue weighted by Crippen LogP contribution is -2.14. The zero-order valence-electron chi connectivity index (χ0n) is 9.10. The lowest BCUT2D eigenvalue weighted by atomic mass is 10.3. The van der Waals surface area contributed by atoms with Gasteiger partial charge in [0, 0.05) is 11.3 Å². The minimum absolute atomic E-state index is 0.587. The Bertz CT molecular complexity index is 559. The van der Waals surface area contributed by atoms with Crippen LogP contribution in [0.5, 0.6) is 11.5 Å². The summed E-state index contributed by atoms with van der Waals surface area (Å²) in [5, 5.41) is 9.23. The highest BCUT2D eigenvalue weighted by Gasteiger charge is 2.29. The number of H-pyrrole nitrogens is 1. The molecule has 4 rings (SSSR count). The molecule has 2 aliphatic rings. The van der Waals surface area contributed by atoms with Crippen LogP contribution in [-0.2, 0) is 0 Å². The molecular weight excluding hydrogens is 238 g/mol. The standard InChI is InChI=1S/C11H11N3O2S/c1-2-6(1)10-12-11(14-13-10)9-8-7(5-17-9)15-3-4-16-8/h5-6H,1-4H2,(H,12,13,14). The van der Waals surface area contributed by atoms with Gasteiger partial charge >= 0.3 is 0 Å². The summed E-state index contributed by atoms with van der Waals surface area (Å²) in [6.07, 6.45) is 2.44. The second-order valence-electron chi connectivity index (χ2n) is 4.27. The van der Waals surface area contributed by atoms with Crippen LogP contribution in [0.1, 0.15) is 24.6 Å². The van der Waals surface area contributed by atoms with Crippen molar-refractivity contribution in [2.45, 2.75) is 18.8 Å². The number of nitrogens with one attached hydrogen (secondary N) is 1. The van der Waals surface area contributed by atoms with Gasteiger partial charge in [-0.05, 0) is 12.8 Å². The Kier molecular flexibility index (Phi) is 1.93. The van der Waals surface area contributed by atoms with Crippen molar-refractivity contribution < 1.29 is 9.47 Å². The first-order chi connectivity index (χ1) is 8.42. The van der Waals surface area contributed by atoms with Gasteiger partial charge in [0.2, 0.25) is 0 Å². The number of thiophene rings is 1. The second kappa shape index (κ2) is 3.46. The van der Waals surface area contributed by atoms with Crippen molar-refractivity contribution in [2.24, 2.45) is 0 Å². The summed E-state index contributed by atoms with van der Waals surface area (Å²) in [5.74, 6) is 3.92. The first-order valence-corrected chi connectivity index (χ1v) is 6.59. The molecule has 6 heteroatoms. The molecule has 2 aromatic rings. The minimum Gasteiger partial charge on any atom is -0.485 e. The molecule has 88 valence electrons. The molecule has 1 N–H and O–H groups in total. The van der Waals surface area contributed by atoms with Crippen LogP contribution in [0.3, 0.4) is 0 Å². The summed E-state index contributed by atoms with van der Waals surface area (Å²) in [6.45, 7) is 1.21. The minimum atomic E-state index is 0.587. The average molecular weight is 249 g/mol. The van der Waals surface area contributed by atoms with Crippen LogP contribution in [0.2, 0.25) is 0 Å². The molecule has 1 aliphatic carbocycles. The van der Waals surface area contributed by atoms with Crippen molar-refractivity contribution in [3.63, 3.8) is 0 Å². The molecular formula is C11H11N3O2S. The van der Waals surface area contributed by atoms with Crippen LogP contribution >= 0.6 is 11.3 Å². The largest absolute Gasteiger partial charge is 0.485 e. The van der Waals surface area contributed by atoms with E-state index in [1.807, 2.05) is 5.38 Å². The van der Waals surface area contributed by atoms with Crippen LogP contribution in [0, 0.1) is 0 Å². The van der Waals surface area contributed by atoms with Crippen LogP contribution in [0.4, 0.5) is 0 Å². The Morgan fingerprint density at radius 2 is 2.18 bits per heavy atom. The Labute approximate surface area is 102 Å². The molecule has 0 atom stereocenters. The number of aromatic amines is 1. The predicted octanol–water partition coefficient (Wildman–Crippen LogP) is 2.18. The molecule has 1 aliphatic heterocycles. The first-order valence-electron chi connectivity index (χ1n) is 5.71. The fraction of sp³-hybridized carbons (Fsp3) is 0.455. The molecule has 1 saturated carbocycles. The molecule has 17 heavy (non-hydrogen) atoms. The molecule has 0 amide bonds. The fourth-order valence-corrected chi connectivity index (χ4v) is 2.80. The van der Waals surface area contributed by atoms with Gasteiger partial charge in [-0.2, -0.15) is 5.10 Å². The maximum atomic E-state index is 5.63. The Balaban J connectivity index is 1.74. The molecule has 0 spiro atoms. The summed E-state index contributed by atoms with van der Waals surface area (Å²) in [7, 11) is 0. The van der Waals surface area contributed by atoms with E-state index >= 15 is 0 Å². The van der Waals surface area contributed by atoms with Gasteiger partial charge in [0.1, 0.15) is 23.9 Å². The first kappa shape index (κ1) is 9.47. The smallest absolute Gasteiger partial charge is 0.195 e. The van der Waals surface area contributed by atoms with E-state index in [2.05, 4.69) is 15.2 Å². The van der Waals surface area contributed by atoms with E-state index in [-0.39, 0.29) is 0 Å². The molecule has 0 saturated heterocycles. The molecule has 0 aromatic carbocycles. The van der Waals surface area contributed by atoms with E-state index in [1.54, 1.807) is 11.3 Å². The average Bonchev–Trinajstić information content (AvgIpc) is 2.95. The van der Waals surface area contributed by atoms with Crippen LogP contribution < -0.4 is 9.47 Å². The topological polar surface area (TPSA) is 60.0 Å². The number of fused-ring (bicyclic) bond motifs is 1.